The highest BCUT2D eigenvalue weighted by molar-refractivity contribution is 7.09. The van der Waals surface area contributed by atoms with E-state index in [1.807, 2.05) is 17.5 Å². The van der Waals surface area contributed by atoms with Gasteiger partial charge in [0.25, 0.3) is 5.91 Å². The van der Waals surface area contributed by atoms with E-state index >= 15 is 0 Å². The minimum Gasteiger partial charge on any atom is -0.452 e. The number of rotatable bonds is 5. The highest BCUT2D eigenvalue weighted by Gasteiger charge is 2.14. The summed E-state index contributed by atoms with van der Waals surface area (Å²) in [5, 5.41) is 4.63. The summed E-state index contributed by atoms with van der Waals surface area (Å²) in [6.07, 6.45) is 3.06. The smallest absolute Gasteiger partial charge is 0.340 e. The van der Waals surface area contributed by atoms with Crippen molar-refractivity contribution in [3.8, 4) is 0 Å². The molecule has 0 saturated carbocycles. The molecular weight excluding hydrogens is 314 g/mol. The average molecular weight is 327 g/mol. The molecule has 0 radical (unpaired) electrons. The Bertz CT molecular complexity index is 828. The monoisotopic (exact) mass is 327 g/mol. The summed E-state index contributed by atoms with van der Waals surface area (Å²) in [7, 11) is 0. The fraction of sp³-hybridized carbons (Fsp3) is 0.125. The number of benzene rings is 1. The van der Waals surface area contributed by atoms with Gasteiger partial charge in [-0.1, -0.05) is 12.1 Å². The number of ether oxygens (including phenoxy) is 1. The number of fused-ring (bicyclic) bond motifs is 1. The fourth-order valence-electron chi connectivity index (χ4n) is 2.02. The summed E-state index contributed by atoms with van der Waals surface area (Å²) in [4.78, 5) is 33.2. The zero-order valence-corrected chi connectivity index (χ0v) is 12.9. The maximum Gasteiger partial charge on any atom is 0.340 e. The molecule has 6 nitrogen and oxygen atoms in total. The predicted molar refractivity (Wildman–Crippen MR) is 86.0 cm³/mol. The van der Waals surface area contributed by atoms with Crippen molar-refractivity contribution in [3.63, 3.8) is 0 Å². The van der Waals surface area contributed by atoms with Crippen molar-refractivity contribution in [2.24, 2.45) is 0 Å². The van der Waals surface area contributed by atoms with Crippen LogP contribution in [0.25, 0.3) is 11.0 Å². The van der Waals surface area contributed by atoms with Gasteiger partial charge in [0.2, 0.25) is 0 Å². The molecule has 1 aromatic carbocycles. The molecule has 0 aliphatic heterocycles. The zero-order valence-electron chi connectivity index (χ0n) is 12.1. The summed E-state index contributed by atoms with van der Waals surface area (Å²) in [6, 6.07) is 8.89. The van der Waals surface area contributed by atoms with Gasteiger partial charge in [0.05, 0.1) is 17.6 Å². The van der Waals surface area contributed by atoms with Gasteiger partial charge in [-0.2, -0.15) is 0 Å². The van der Waals surface area contributed by atoms with Crippen molar-refractivity contribution in [2.75, 3.05) is 6.61 Å². The van der Waals surface area contributed by atoms with E-state index in [0.29, 0.717) is 23.1 Å². The van der Waals surface area contributed by atoms with Gasteiger partial charge in [-0.25, -0.2) is 4.79 Å². The second-order valence-corrected chi connectivity index (χ2v) is 5.69. The lowest BCUT2D eigenvalue weighted by molar-refractivity contribution is -0.124. The van der Waals surface area contributed by atoms with Crippen LogP contribution in [0.1, 0.15) is 15.2 Å². The molecule has 0 saturated heterocycles. The summed E-state index contributed by atoms with van der Waals surface area (Å²) in [5.74, 6) is -0.944. The van der Waals surface area contributed by atoms with Crippen molar-refractivity contribution in [3.05, 3.63) is 58.5 Å². The van der Waals surface area contributed by atoms with Crippen molar-refractivity contribution in [1.29, 1.82) is 0 Å². The number of carbonyl (C=O) groups is 2. The molecule has 0 unspecified atom stereocenters. The predicted octanol–water partition coefficient (Wildman–Crippen LogP) is 2.16. The minimum absolute atomic E-state index is 0.293. The Morgan fingerprint density at radius 3 is 2.83 bits per heavy atom. The lowest BCUT2D eigenvalue weighted by Crippen LogP contribution is -2.28. The topological polar surface area (TPSA) is 81.2 Å². The first-order chi connectivity index (χ1) is 11.2. The number of hydrogen-bond acceptors (Lipinski definition) is 6. The molecule has 1 amide bonds. The molecule has 23 heavy (non-hydrogen) atoms. The third-order valence-corrected chi connectivity index (χ3v) is 3.97. The molecule has 2 aromatic heterocycles. The van der Waals surface area contributed by atoms with Crippen molar-refractivity contribution >= 4 is 34.2 Å². The Balaban J connectivity index is 1.59. The molecule has 0 spiro atoms. The molecule has 3 rings (SSSR count). The number of hydrogen-bond donors (Lipinski definition) is 1. The molecule has 2 heterocycles. The van der Waals surface area contributed by atoms with E-state index in [9.17, 15) is 9.59 Å². The number of nitrogens with zero attached hydrogens (tertiary/aromatic N) is 2. The van der Waals surface area contributed by atoms with Gasteiger partial charge in [0.1, 0.15) is 5.52 Å². The van der Waals surface area contributed by atoms with Crippen LogP contribution in [-0.4, -0.2) is 28.5 Å². The van der Waals surface area contributed by atoms with E-state index < -0.39 is 5.97 Å². The van der Waals surface area contributed by atoms with E-state index in [4.69, 9.17) is 4.74 Å². The summed E-state index contributed by atoms with van der Waals surface area (Å²) in [6.45, 7) is 0.0919. The van der Waals surface area contributed by atoms with Crippen LogP contribution in [0.2, 0.25) is 0 Å². The van der Waals surface area contributed by atoms with Crippen LogP contribution in [0, 0.1) is 0 Å². The third-order valence-electron chi connectivity index (χ3n) is 3.09. The van der Waals surface area contributed by atoms with Crippen molar-refractivity contribution < 1.29 is 14.3 Å². The first kappa shape index (κ1) is 15.1. The van der Waals surface area contributed by atoms with Crippen LogP contribution >= 0.6 is 11.3 Å². The third kappa shape index (κ3) is 3.70. The number of aromatic nitrogens is 2. The number of amides is 1. The quantitative estimate of drug-likeness (QED) is 0.726. The number of thiophene rings is 1. The van der Waals surface area contributed by atoms with E-state index in [2.05, 4.69) is 15.3 Å². The Labute approximate surface area is 136 Å². The van der Waals surface area contributed by atoms with Crippen LogP contribution in [0.15, 0.2) is 48.1 Å². The number of esters is 1. The second kappa shape index (κ2) is 6.97. The largest absolute Gasteiger partial charge is 0.452 e. The van der Waals surface area contributed by atoms with Gasteiger partial charge >= 0.3 is 5.97 Å². The normalized spacial score (nSPS) is 10.4. The Hall–Kier alpha value is -2.80. The van der Waals surface area contributed by atoms with Crippen molar-refractivity contribution in [1.82, 2.24) is 15.3 Å². The lowest BCUT2D eigenvalue weighted by atomic mass is 10.2. The van der Waals surface area contributed by atoms with Gasteiger partial charge in [-0.15, -0.1) is 11.3 Å². The van der Waals surface area contributed by atoms with Crippen molar-refractivity contribution in [2.45, 2.75) is 6.54 Å². The van der Waals surface area contributed by atoms with Crippen LogP contribution in [-0.2, 0) is 16.1 Å². The van der Waals surface area contributed by atoms with Crippen LogP contribution in [0.3, 0.4) is 0 Å². The minimum atomic E-state index is -0.595. The molecule has 0 aliphatic rings. The number of para-hydroxylation sites is 1. The van der Waals surface area contributed by atoms with E-state index in [1.54, 1.807) is 35.7 Å². The van der Waals surface area contributed by atoms with E-state index in [-0.39, 0.29) is 12.5 Å². The molecular formula is C16H13N3O3S. The van der Waals surface area contributed by atoms with E-state index in [1.165, 1.54) is 6.20 Å². The van der Waals surface area contributed by atoms with Crippen LogP contribution in [0.5, 0.6) is 0 Å². The van der Waals surface area contributed by atoms with Gasteiger partial charge in [0, 0.05) is 17.3 Å². The standard InChI is InChI=1S/C16H13N3O3S/c20-14(19-9-11-3-2-8-23-11)10-22-16(21)12-4-1-5-13-15(12)18-7-6-17-13/h1-8H,9-10H2,(H,19,20). The molecule has 3 aromatic rings. The zero-order chi connectivity index (χ0) is 16.1. The summed E-state index contributed by atoms with van der Waals surface area (Å²) in [5.41, 5.74) is 1.35. The summed E-state index contributed by atoms with van der Waals surface area (Å²) >= 11 is 1.55. The number of nitrogens with one attached hydrogen (secondary N) is 1. The highest BCUT2D eigenvalue weighted by Crippen LogP contribution is 2.14. The van der Waals surface area contributed by atoms with Crippen LogP contribution < -0.4 is 5.32 Å². The highest BCUT2D eigenvalue weighted by atomic mass is 32.1. The Morgan fingerprint density at radius 1 is 1.13 bits per heavy atom. The lowest BCUT2D eigenvalue weighted by Gasteiger charge is -2.07. The molecule has 7 heteroatoms. The fourth-order valence-corrected chi connectivity index (χ4v) is 2.66. The van der Waals surface area contributed by atoms with Gasteiger partial charge in [-0.3, -0.25) is 14.8 Å². The first-order valence-corrected chi connectivity index (χ1v) is 7.78. The van der Waals surface area contributed by atoms with Crippen LogP contribution in [0.4, 0.5) is 0 Å². The molecule has 1 N–H and O–H groups in total. The Morgan fingerprint density at radius 2 is 2.00 bits per heavy atom. The second-order valence-electron chi connectivity index (χ2n) is 4.66. The molecule has 116 valence electrons. The molecule has 0 atom stereocenters. The SMILES string of the molecule is O=C(COC(=O)c1cccc2nccnc12)NCc1cccs1. The number of carbonyl (C=O) groups excluding carboxylic acids is 2. The molecule has 0 fully saturated rings. The molecule has 0 aliphatic carbocycles. The Kier molecular flexibility index (Phi) is 4.58. The maximum atomic E-state index is 12.1. The molecule has 0 bridgehead atoms. The first-order valence-electron chi connectivity index (χ1n) is 6.90. The van der Waals surface area contributed by atoms with Gasteiger partial charge < -0.3 is 10.1 Å². The van der Waals surface area contributed by atoms with E-state index in [0.717, 1.165) is 4.88 Å². The average Bonchev–Trinajstić information content (AvgIpc) is 3.11. The van der Waals surface area contributed by atoms with Gasteiger partial charge in [0.15, 0.2) is 6.61 Å². The summed E-state index contributed by atoms with van der Waals surface area (Å²) < 4.78 is 5.05. The van der Waals surface area contributed by atoms with Gasteiger partial charge in [-0.05, 0) is 23.6 Å². The maximum absolute atomic E-state index is 12.1.